The molecule has 0 fully saturated rings. The van der Waals surface area contributed by atoms with Crippen LogP contribution in [0.4, 0.5) is 0 Å². The predicted molar refractivity (Wildman–Crippen MR) is 247 cm³/mol. The first kappa shape index (κ1) is 32.7. The molecule has 12 rings (SSSR count). The summed E-state index contributed by atoms with van der Waals surface area (Å²) in [5.41, 5.74) is 14.5. The summed E-state index contributed by atoms with van der Waals surface area (Å²) >= 11 is 0. The van der Waals surface area contributed by atoms with E-state index in [-0.39, 0.29) is 6.71 Å². The SMILES string of the molecule is c1ccc(B(c2ccccc2)c2ccc3c(c2)c2cc(-n4c5ccccc5c5cc6c7ccccc7n(-c7ccccc7)c6cc54)ccc2n3-c2ccccc2)cc1. The molecular weight excluding hydrogens is 701 g/mol. The van der Waals surface area contributed by atoms with Crippen molar-refractivity contribution in [3.63, 3.8) is 0 Å². The van der Waals surface area contributed by atoms with E-state index in [4.69, 9.17) is 0 Å². The van der Waals surface area contributed by atoms with Crippen LogP contribution in [0, 0.1) is 0 Å². The Bertz CT molecular complexity index is 3450. The number of fused-ring (bicyclic) bond motifs is 9. The summed E-state index contributed by atoms with van der Waals surface area (Å²) in [6.07, 6.45) is 0. The molecule has 0 unspecified atom stereocenters. The van der Waals surface area contributed by atoms with Crippen LogP contribution in [0.2, 0.25) is 0 Å². The van der Waals surface area contributed by atoms with Crippen molar-refractivity contribution in [3.05, 3.63) is 218 Å². The topological polar surface area (TPSA) is 14.8 Å². The quantitative estimate of drug-likeness (QED) is 0.151. The van der Waals surface area contributed by atoms with Gasteiger partial charge in [-0.05, 0) is 72.8 Å². The third-order valence-corrected chi connectivity index (χ3v) is 12.1. The third-order valence-electron chi connectivity index (χ3n) is 12.1. The van der Waals surface area contributed by atoms with Crippen molar-refractivity contribution in [1.82, 2.24) is 13.7 Å². The summed E-state index contributed by atoms with van der Waals surface area (Å²) < 4.78 is 7.31. The molecule has 4 heteroatoms. The van der Waals surface area contributed by atoms with Crippen LogP contribution < -0.4 is 16.4 Å². The van der Waals surface area contributed by atoms with Gasteiger partial charge in [-0.2, -0.15) is 0 Å². The second kappa shape index (κ2) is 13.0. The molecule has 0 spiro atoms. The molecule has 270 valence electrons. The Balaban J connectivity index is 1.15. The maximum absolute atomic E-state index is 2.48. The Kier molecular flexibility index (Phi) is 7.33. The van der Waals surface area contributed by atoms with Crippen LogP contribution in [0.5, 0.6) is 0 Å². The maximum Gasteiger partial charge on any atom is 0.241 e. The van der Waals surface area contributed by atoms with E-state index >= 15 is 0 Å². The molecule has 0 N–H and O–H groups in total. The normalized spacial score (nSPS) is 11.8. The molecule has 58 heavy (non-hydrogen) atoms. The van der Waals surface area contributed by atoms with Gasteiger partial charge in [-0.1, -0.05) is 162 Å². The van der Waals surface area contributed by atoms with Crippen molar-refractivity contribution in [3.8, 4) is 17.1 Å². The van der Waals surface area contributed by atoms with E-state index in [0.29, 0.717) is 0 Å². The van der Waals surface area contributed by atoms with Gasteiger partial charge in [0.15, 0.2) is 0 Å². The molecule has 0 aliphatic carbocycles. The summed E-state index contributed by atoms with van der Waals surface area (Å²) in [6.45, 7) is 0.0984. The minimum Gasteiger partial charge on any atom is -0.309 e. The van der Waals surface area contributed by atoms with Gasteiger partial charge in [0.2, 0.25) is 6.71 Å². The lowest BCUT2D eigenvalue weighted by molar-refractivity contribution is 1.16. The molecule has 0 saturated carbocycles. The maximum atomic E-state index is 2.48. The molecular formula is C54H36BN3. The number of benzene rings is 9. The van der Waals surface area contributed by atoms with E-state index in [2.05, 4.69) is 232 Å². The number of hydrogen-bond acceptors (Lipinski definition) is 0. The lowest BCUT2D eigenvalue weighted by Crippen LogP contribution is -2.51. The van der Waals surface area contributed by atoms with E-state index in [0.717, 1.165) is 17.1 Å². The lowest BCUT2D eigenvalue weighted by Gasteiger charge is -2.16. The van der Waals surface area contributed by atoms with Crippen molar-refractivity contribution in [1.29, 1.82) is 0 Å². The number of aromatic nitrogens is 3. The fourth-order valence-corrected chi connectivity index (χ4v) is 9.64. The summed E-state index contributed by atoms with van der Waals surface area (Å²) in [4.78, 5) is 0. The minimum absolute atomic E-state index is 0.0984. The van der Waals surface area contributed by atoms with Crippen molar-refractivity contribution in [2.24, 2.45) is 0 Å². The summed E-state index contributed by atoms with van der Waals surface area (Å²) in [6, 6.07) is 80.0. The number of rotatable bonds is 6. The second-order valence-electron chi connectivity index (χ2n) is 15.3. The molecule has 12 aromatic rings. The average molecular weight is 738 g/mol. The van der Waals surface area contributed by atoms with Crippen molar-refractivity contribution < 1.29 is 0 Å². The number of para-hydroxylation sites is 4. The predicted octanol–water partition coefficient (Wildman–Crippen LogP) is 11.5. The fraction of sp³-hybridized carbons (Fsp3) is 0. The van der Waals surface area contributed by atoms with Crippen LogP contribution in [-0.2, 0) is 0 Å². The molecule has 9 aromatic carbocycles. The first-order valence-corrected chi connectivity index (χ1v) is 20.1. The molecule has 0 saturated heterocycles. The van der Waals surface area contributed by atoms with E-state index < -0.39 is 0 Å². The Hall–Kier alpha value is -7.56. The summed E-state index contributed by atoms with van der Waals surface area (Å²) in [7, 11) is 0. The molecule has 0 radical (unpaired) electrons. The first-order valence-electron chi connectivity index (χ1n) is 20.1. The van der Waals surface area contributed by atoms with Gasteiger partial charge < -0.3 is 13.7 Å². The summed E-state index contributed by atoms with van der Waals surface area (Å²) in [5, 5.41) is 7.48. The number of hydrogen-bond donors (Lipinski definition) is 0. The lowest BCUT2D eigenvalue weighted by atomic mass is 9.37. The average Bonchev–Trinajstić information content (AvgIpc) is 3.92. The van der Waals surface area contributed by atoms with E-state index in [1.54, 1.807) is 0 Å². The van der Waals surface area contributed by atoms with Gasteiger partial charge in [0.05, 0.1) is 33.1 Å². The van der Waals surface area contributed by atoms with Crippen LogP contribution in [-0.4, -0.2) is 20.4 Å². The van der Waals surface area contributed by atoms with Crippen LogP contribution in [0.1, 0.15) is 0 Å². The van der Waals surface area contributed by atoms with E-state index in [9.17, 15) is 0 Å². The van der Waals surface area contributed by atoms with Gasteiger partial charge in [-0.15, -0.1) is 0 Å². The van der Waals surface area contributed by atoms with Crippen molar-refractivity contribution in [2.45, 2.75) is 0 Å². The Morgan fingerprint density at radius 2 is 0.621 bits per heavy atom. The highest BCUT2D eigenvalue weighted by molar-refractivity contribution is 6.95. The molecule has 0 amide bonds. The highest BCUT2D eigenvalue weighted by Gasteiger charge is 2.24. The van der Waals surface area contributed by atoms with Gasteiger partial charge in [0.25, 0.3) is 0 Å². The van der Waals surface area contributed by atoms with Gasteiger partial charge in [0.1, 0.15) is 0 Å². The zero-order chi connectivity index (χ0) is 38.2. The van der Waals surface area contributed by atoms with Crippen LogP contribution in [0.25, 0.3) is 82.5 Å². The van der Waals surface area contributed by atoms with Gasteiger partial charge in [-0.25, -0.2) is 0 Å². The highest BCUT2D eigenvalue weighted by atomic mass is 15.0. The van der Waals surface area contributed by atoms with Gasteiger partial charge >= 0.3 is 0 Å². The smallest absolute Gasteiger partial charge is 0.241 e. The standard InChI is InChI=1S/C54H36BN3/c1-5-17-37(18-6-1)55(38-19-7-2-8-20-38)39-29-31-51-45(33-39)46-34-42(30-32-52(46)56(51)40-21-9-3-10-22-40)58-50-28-16-14-26-44(50)48-35-47-43-25-13-15-27-49(43)57(53(47)36-54(48)58)41-23-11-4-12-24-41/h1-36H. The van der Waals surface area contributed by atoms with E-state index in [1.165, 1.54) is 81.8 Å². The largest absolute Gasteiger partial charge is 0.309 e. The van der Waals surface area contributed by atoms with Gasteiger partial charge in [0, 0.05) is 49.4 Å². The molecule has 3 nitrogen and oxygen atoms in total. The molecule has 0 bridgehead atoms. The van der Waals surface area contributed by atoms with Crippen LogP contribution in [0.15, 0.2) is 218 Å². The Morgan fingerprint density at radius 1 is 0.224 bits per heavy atom. The third kappa shape index (κ3) is 4.95. The van der Waals surface area contributed by atoms with E-state index in [1.807, 2.05) is 0 Å². The van der Waals surface area contributed by atoms with Gasteiger partial charge in [-0.3, -0.25) is 0 Å². The van der Waals surface area contributed by atoms with Crippen LogP contribution >= 0.6 is 0 Å². The minimum atomic E-state index is 0.0984. The number of nitrogens with zero attached hydrogens (tertiary/aromatic N) is 3. The van der Waals surface area contributed by atoms with Crippen molar-refractivity contribution >= 4 is 88.5 Å². The Labute approximate surface area is 336 Å². The van der Waals surface area contributed by atoms with Crippen LogP contribution in [0.3, 0.4) is 0 Å². The first-order chi connectivity index (χ1) is 28.8. The zero-order valence-electron chi connectivity index (χ0n) is 31.7. The van der Waals surface area contributed by atoms with Crippen molar-refractivity contribution in [2.75, 3.05) is 0 Å². The molecule has 3 aromatic heterocycles. The zero-order valence-corrected chi connectivity index (χ0v) is 31.7. The Morgan fingerprint density at radius 3 is 1.17 bits per heavy atom. The fourth-order valence-electron chi connectivity index (χ4n) is 9.64. The monoisotopic (exact) mass is 737 g/mol. The molecule has 0 atom stereocenters. The highest BCUT2D eigenvalue weighted by Crippen LogP contribution is 2.41. The molecule has 0 aliphatic rings. The summed E-state index contributed by atoms with van der Waals surface area (Å²) in [5.74, 6) is 0. The molecule has 3 heterocycles. The molecule has 0 aliphatic heterocycles. The second-order valence-corrected chi connectivity index (χ2v) is 15.3.